The van der Waals surface area contributed by atoms with Crippen molar-refractivity contribution in [2.75, 3.05) is 0 Å². The third-order valence-electron chi connectivity index (χ3n) is 2.24. The molecule has 1 atom stereocenters. The second-order valence-electron chi connectivity index (χ2n) is 5.08. The van der Waals surface area contributed by atoms with Gasteiger partial charge in [-0.05, 0) is 12.1 Å². The lowest BCUT2D eigenvalue weighted by Crippen LogP contribution is -2.46. The largest absolute Gasteiger partial charge is 0.339 e. The van der Waals surface area contributed by atoms with E-state index in [1.54, 1.807) is 0 Å². The maximum atomic E-state index is 12.0. The zero-order chi connectivity index (χ0) is 14.7. The summed E-state index contributed by atoms with van der Waals surface area (Å²) in [5.41, 5.74) is -0.536. The van der Waals surface area contributed by atoms with E-state index in [0.29, 0.717) is 0 Å². The minimum atomic E-state index is -1.58. The van der Waals surface area contributed by atoms with Crippen LogP contribution in [0.1, 0.15) is 20.8 Å². The van der Waals surface area contributed by atoms with Crippen molar-refractivity contribution >= 4 is 52.5 Å². The SMILES string of the molecule is CC(C)(C)C(=O)N[C@@H](Sc1ccccc1)C(Cl)(Cl)Cl. The number of benzene rings is 1. The Kier molecular flexibility index (Phi) is 5.87. The highest BCUT2D eigenvalue weighted by molar-refractivity contribution is 8.00. The molecule has 6 heteroatoms. The topological polar surface area (TPSA) is 29.1 Å². The monoisotopic (exact) mass is 339 g/mol. The highest BCUT2D eigenvalue weighted by Crippen LogP contribution is 2.39. The minimum Gasteiger partial charge on any atom is -0.339 e. The van der Waals surface area contributed by atoms with Crippen LogP contribution in [0.25, 0.3) is 0 Å². The highest BCUT2D eigenvalue weighted by atomic mass is 35.6. The van der Waals surface area contributed by atoms with Crippen LogP contribution in [0.4, 0.5) is 0 Å². The molecule has 1 aromatic carbocycles. The number of nitrogens with one attached hydrogen (secondary N) is 1. The maximum absolute atomic E-state index is 12.0. The standard InChI is InChI=1S/C13H16Cl3NOS/c1-12(2,3)10(18)17-11(13(14,15)16)19-9-7-5-4-6-8-9/h4-8,11H,1-3H3,(H,17,18)/t11-/m0/s1. The Morgan fingerprint density at radius 2 is 1.68 bits per heavy atom. The van der Waals surface area contributed by atoms with Gasteiger partial charge in [0.25, 0.3) is 0 Å². The van der Waals surface area contributed by atoms with Crippen LogP contribution in [0.3, 0.4) is 0 Å². The molecule has 2 nitrogen and oxygen atoms in total. The molecule has 0 spiro atoms. The fraction of sp³-hybridized carbons (Fsp3) is 0.462. The second-order valence-corrected chi connectivity index (χ2v) is 8.62. The van der Waals surface area contributed by atoms with Crippen molar-refractivity contribution in [3.63, 3.8) is 0 Å². The van der Waals surface area contributed by atoms with Gasteiger partial charge in [0.2, 0.25) is 9.70 Å². The first-order valence-corrected chi connectivity index (χ1v) is 7.71. The molecule has 0 fully saturated rings. The van der Waals surface area contributed by atoms with E-state index in [9.17, 15) is 4.79 Å². The van der Waals surface area contributed by atoms with Gasteiger partial charge in [0.1, 0.15) is 5.37 Å². The lowest BCUT2D eigenvalue weighted by molar-refractivity contribution is -0.128. The molecular weight excluding hydrogens is 325 g/mol. The van der Waals surface area contributed by atoms with Crippen molar-refractivity contribution in [3.8, 4) is 0 Å². The van der Waals surface area contributed by atoms with Crippen molar-refractivity contribution in [3.05, 3.63) is 30.3 Å². The number of hydrogen-bond acceptors (Lipinski definition) is 2. The quantitative estimate of drug-likeness (QED) is 0.493. The summed E-state index contributed by atoms with van der Waals surface area (Å²) in [5, 5.41) is 2.13. The molecule has 0 unspecified atom stereocenters. The number of alkyl halides is 3. The van der Waals surface area contributed by atoms with E-state index in [4.69, 9.17) is 34.8 Å². The molecule has 19 heavy (non-hydrogen) atoms. The molecule has 0 aliphatic rings. The smallest absolute Gasteiger partial charge is 0.226 e. The molecule has 1 amide bonds. The number of rotatable bonds is 3. The van der Waals surface area contributed by atoms with E-state index in [-0.39, 0.29) is 5.91 Å². The normalized spacial score (nSPS) is 14.0. The molecule has 1 N–H and O–H groups in total. The fourth-order valence-electron chi connectivity index (χ4n) is 1.15. The lowest BCUT2D eigenvalue weighted by atomic mass is 9.96. The number of amides is 1. The van der Waals surface area contributed by atoms with E-state index in [1.807, 2.05) is 51.1 Å². The first kappa shape index (κ1) is 17.0. The van der Waals surface area contributed by atoms with Crippen LogP contribution < -0.4 is 5.32 Å². The van der Waals surface area contributed by atoms with Crippen molar-refractivity contribution in [2.24, 2.45) is 5.41 Å². The van der Waals surface area contributed by atoms with E-state index in [2.05, 4.69) is 5.32 Å². The Bertz CT molecular complexity index is 426. The zero-order valence-electron chi connectivity index (χ0n) is 10.9. The van der Waals surface area contributed by atoms with Gasteiger partial charge in [0, 0.05) is 10.3 Å². The Morgan fingerprint density at radius 1 is 1.16 bits per heavy atom. The fourth-order valence-corrected chi connectivity index (χ4v) is 2.60. The molecule has 0 aliphatic heterocycles. The average molecular weight is 341 g/mol. The first-order chi connectivity index (χ1) is 8.60. The molecule has 106 valence electrons. The number of carbonyl (C=O) groups excluding carboxylic acids is 1. The average Bonchev–Trinajstić information content (AvgIpc) is 2.27. The van der Waals surface area contributed by atoms with Crippen molar-refractivity contribution in [1.29, 1.82) is 0 Å². The van der Waals surface area contributed by atoms with E-state index in [1.165, 1.54) is 11.8 Å². The summed E-state index contributed by atoms with van der Waals surface area (Å²) in [5.74, 6) is -0.160. The molecule has 0 aromatic heterocycles. The van der Waals surface area contributed by atoms with Crippen LogP contribution >= 0.6 is 46.6 Å². The molecule has 0 heterocycles. The molecule has 1 aromatic rings. The second kappa shape index (κ2) is 6.57. The first-order valence-electron chi connectivity index (χ1n) is 5.70. The van der Waals surface area contributed by atoms with Gasteiger partial charge in [-0.25, -0.2) is 0 Å². The summed E-state index contributed by atoms with van der Waals surface area (Å²) in [7, 11) is 0. The molecular formula is C13H16Cl3NOS. The van der Waals surface area contributed by atoms with Gasteiger partial charge in [-0.2, -0.15) is 0 Å². The zero-order valence-corrected chi connectivity index (χ0v) is 14.0. The van der Waals surface area contributed by atoms with Crippen LogP contribution in [0.2, 0.25) is 0 Å². The molecule has 0 radical (unpaired) electrons. The summed E-state index contributed by atoms with van der Waals surface area (Å²) in [6, 6.07) is 9.49. The van der Waals surface area contributed by atoms with Crippen molar-refractivity contribution in [1.82, 2.24) is 5.32 Å². The summed E-state index contributed by atoms with van der Waals surface area (Å²) < 4.78 is -1.58. The Hall–Kier alpha value is -0.0900. The van der Waals surface area contributed by atoms with Crippen molar-refractivity contribution < 1.29 is 4.79 Å². The van der Waals surface area contributed by atoms with Gasteiger partial charge in [-0.1, -0.05) is 85.5 Å². The molecule has 0 saturated heterocycles. The van der Waals surface area contributed by atoms with Crippen LogP contribution in [0, 0.1) is 5.41 Å². The van der Waals surface area contributed by atoms with E-state index < -0.39 is 14.6 Å². The van der Waals surface area contributed by atoms with Gasteiger partial charge in [-0.3, -0.25) is 4.79 Å². The van der Waals surface area contributed by atoms with Gasteiger partial charge in [0.05, 0.1) is 0 Å². The number of thioether (sulfide) groups is 1. The van der Waals surface area contributed by atoms with Crippen molar-refractivity contribution in [2.45, 2.75) is 34.8 Å². The predicted octanol–water partition coefficient (Wildman–Crippen LogP) is 4.64. The predicted molar refractivity (Wildman–Crippen MR) is 84.0 cm³/mol. The van der Waals surface area contributed by atoms with Gasteiger partial charge in [0.15, 0.2) is 0 Å². The van der Waals surface area contributed by atoms with Gasteiger partial charge < -0.3 is 5.32 Å². The molecule has 0 bridgehead atoms. The Balaban J connectivity index is 2.83. The van der Waals surface area contributed by atoms with E-state index >= 15 is 0 Å². The number of halogens is 3. The van der Waals surface area contributed by atoms with Crippen LogP contribution in [-0.2, 0) is 4.79 Å². The Labute approximate surface area is 133 Å². The molecule has 1 rings (SSSR count). The van der Waals surface area contributed by atoms with Crippen LogP contribution in [0.15, 0.2) is 35.2 Å². The van der Waals surface area contributed by atoms with Crippen LogP contribution in [-0.4, -0.2) is 15.1 Å². The Morgan fingerprint density at radius 3 is 2.11 bits per heavy atom. The third-order valence-corrected chi connectivity index (χ3v) is 4.53. The summed E-state index contributed by atoms with van der Waals surface area (Å²) >= 11 is 19.1. The third kappa shape index (κ3) is 5.82. The summed E-state index contributed by atoms with van der Waals surface area (Å²) in [6.45, 7) is 5.43. The maximum Gasteiger partial charge on any atom is 0.226 e. The lowest BCUT2D eigenvalue weighted by Gasteiger charge is -2.28. The minimum absolute atomic E-state index is 0.160. The number of hydrogen-bond donors (Lipinski definition) is 1. The van der Waals surface area contributed by atoms with Crippen LogP contribution in [0.5, 0.6) is 0 Å². The van der Waals surface area contributed by atoms with E-state index in [0.717, 1.165) is 4.90 Å². The molecule has 0 saturated carbocycles. The summed E-state index contributed by atoms with van der Waals surface area (Å²) in [6.07, 6.45) is 0. The summed E-state index contributed by atoms with van der Waals surface area (Å²) in [4.78, 5) is 12.9. The van der Waals surface area contributed by atoms with Gasteiger partial charge in [-0.15, -0.1) is 0 Å². The van der Waals surface area contributed by atoms with Gasteiger partial charge >= 0.3 is 0 Å². The molecule has 0 aliphatic carbocycles. The highest BCUT2D eigenvalue weighted by Gasteiger charge is 2.36. The number of carbonyl (C=O) groups is 1.